The molecule has 2 unspecified atom stereocenters. The average Bonchev–Trinajstić information content (AvgIpc) is 3.25. The SMILES string of the molecule is COC1CCOCC1NC(=O)c1ccc(-c2cn(-c3ccccc3)cn2)cc1. The minimum absolute atomic E-state index is 0.0149. The van der Waals surface area contributed by atoms with Crippen molar-refractivity contribution in [3.05, 3.63) is 72.7 Å². The molecule has 6 nitrogen and oxygen atoms in total. The van der Waals surface area contributed by atoms with Gasteiger partial charge in [-0.15, -0.1) is 0 Å². The van der Waals surface area contributed by atoms with Crippen molar-refractivity contribution in [2.45, 2.75) is 18.6 Å². The highest BCUT2D eigenvalue weighted by Gasteiger charge is 2.27. The van der Waals surface area contributed by atoms with E-state index < -0.39 is 0 Å². The zero-order valence-corrected chi connectivity index (χ0v) is 15.7. The first kappa shape index (κ1) is 18.4. The van der Waals surface area contributed by atoms with Crippen LogP contribution in [-0.2, 0) is 9.47 Å². The number of aromatic nitrogens is 2. The second kappa shape index (κ2) is 8.37. The Bertz CT molecular complexity index is 922. The molecule has 6 heteroatoms. The molecule has 2 aromatic carbocycles. The van der Waals surface area contributed by atoms with Crippen molar-refractivity contribution in [1.29, 1.82) is 0 Å². The standard InChI is InChI=1S/C22H23N3O3/c1-27-21-11-12-28-14-20(21)24-22(26)17-9-7-16(8-10-17)19-13-25(15-23-19)18-5-3-2-4-6-18/h2-10,13,15,20-21H,11-12,14H2,1H3,(H,24,26). The lowest BCUT2D eigenvalue weighted by Crippen LogP contribution is -2.50. The molecule has 0 bridgehead atoms. The fraction of sp³-hybridized carbons (Fsp3) is 0.273. The summed E-state index contributed by atoms with van der Waals surface area (Å²) in [4.78, 5) is 17.1. The third-order valence-electron chi connectivity index (χ3n) is 4.99. The quantitative estimate of drug-likeness (QED) is 0.742. The van der Waals surface area contributed by atoms with Crippen molar-refractivity contribution in [3.8, 4) is 16.9 Å². The summed E-state index contributed by atoms with van der Waals surface area (Å²) in [5, 5.41) is 3.01. The molecule has 2 atom stereocenters. The Kier molecular flexibility index (Phi) is 5.50. The van der Waals surface area contributed by atoms with Crippen molar-refractivity contribution in [3.63, 3.8) is 0 Å². The van der Waals surface area contributed by atoms with Crippen LogP contribution < -0.4 is 5.32 Å². The summed E-state index contributed by atoms with van der Waals surface area (Å²) in [6, 6.07) is 17.4. The first-order chi connectivity index (χ1) is 13.7. The van der Waals surface area contributed by atoms with Gasteiger partial charge in [0.25, 0.3) is 5.91 Å². The lowest BCUT2D eigenvalue weighted by atomic mass is 10.0. The molecule has 28 heavy (non-hydrogen) atoms. The van der Waals surface area contributed by atoms with Gasteiger partial charge in [0.05, 0.1) is 30.8 Å². The number of hydrogen-bond donors (Lipinski definition) is 1. The average molecular weight is 377 g/mol. The maximum Gasteiger partial charge on any atom is 0.251 e. The van der Waals surface area contributed by atoms with Crippen LogP contribution in [0, 0.1) is 0 Å². The summed E-state index contributed by atoms with van der Waals surface area (Å²) in [7, 11) is 1.67. The highest BCUT2D eigenvalue weighted by Crippen LogP contribution is 2.20. The second-order valence-electron chi connectivity index (χ2n) is 6.80. The molecule has 1 saturated heterocycles. The Morgan fingerprint density at radius 2 is 1.96 bits per heavy atom. The van der Waals surface area contributed by atoms with E-state index in [0.29, 0.717) is 18.8 Å². The lowest BCUT2D eigenvalue weighted by molar-refractivity contribution is -0.0349. The summed E-state index contributed by atoms with van der Waals surface area (Å²) in [6.45, 7) is 1.13. The third kappa shape index (κ3) is 3.98. The maximum atomic E-state index is 12.6. The Balaban J connectivity index is 1.45. The first-order valence-electron chi connectivity index (χ1n) is 9.36. The molecule has 0 aliphatic carbocycles. The van der Waals surface area contributed by atoms with Gasteiger partial charge in [0.15, 0.2) is 0 Å². The molecule has 144 valence electrons. The van der Waals surface area contributed by atoms with Gasteiger partial charge < -0.3 is 19.4 Å². The number of methoxy groups -OCH3 is 1. The molecule has 0 radical (unpaired) electrons. The van der Waals surface area contributed by atoms with Gasteiger partial charge in [-0.2, -0.15) is 0 Å². The number of rotatable bonds is 5. The van der Waals surface area contributed by atoms with Crippen LogP contribution in [0.1, 0.15) is 16.8 Å². The van der Waals surface area contributed by atoms with Gasteiger partial charge in [-0.25, -0.2) is 4.98 Å². The minimum Gasteiger partial charge on any atom is -0.379 e. The summed E-state index contributed by atoms with van der Waals surface area (Å²) >= 11 is 0. The van der Waals surface area contributed by atoms with Gasteiger partial charge in [0.1, 0.15) is 0 Å². The van der Waals surface area contributed by atoms with Gasteiger partial charge in [-0.3, -0.25) is 4.79 Å². The number of imidazole rings is 1. The molecule has 1 aromatic heterocycles. The Morgan fingerprint density at radius 3 is 2.71 bits per heavy atom. The van der Waals surface area contributed by atoms with Crippen molar-refractivity contribution in [2.75, 3.05) is 20.3 Å². The number of hydrogen-bond acceptors (Lipinski definition) is 4. The van der Waals surface area contributed by atoms with Gasteiger partial charge in [0, 0.05) is 36.7 Å². The molecular weight excluding hydrogens is 354 g/mol. The van der Waals surface area contributed by atoms with Gasteiger partial charge in [-0.05, 0) is 30.7 Å². The van der Waals surface area contributed by atoms with Crippen LogP contribution in [0.4, 0.5) is 0 Å². The number of amides is 1. The van der Waals surface area contributed by atoms with Gasteiger partial charge in [0.2, 0.25) is 0 Å². The number of benzene rings is 2. The molecule has 1 aliphatic rings. The molecule has 1 amide bonds. The monoisotopic (exact) mass is 377 g/mol. The minimum atomic E-state index is -0.132. The van der Waals surface area contributed by atoms with Crippen LogP contribution in [0.25, 0.3) is 16.9 Å². The zero-order chi connectivity index (χ0) is 19.3. The van der Waals surface area contributed by atoms with E-state index in [4.69, 9.17) is 9.47 Å². The summed E-state index contributed by atoms with van der Waals surface area (Å²) in [5.74, 6) is -0.126. The maximum absolute atomic E-state index is 12.6. The number of para-hydroxylation sites is 1. The Hall–Kier alpha value is -2.96. The number of carbonyl (C=O) groups is 1. The fourth-order valence-corrected chi connectivity index (χ4v) is 3.39. The van der Waals surface area contributed by atoms with Crippen LogP contribution in [0.3, 0.4) is 0 Å². The molecule has 4 rings (SSSR count). The third-order valence-corrected chi connectivity index (χ3v) is 4.99. The van der Waals surface area contributed by atoms with Crippen LogP contribution in [0.15, 0.2) is 67.1 Å². The molecule has 2 heterocycles. The van der Waals surface area contributed by atoms with E-state index in [1.807, 2.05) is 65.4 Å². The van der Waals surface area contributed by atoms with Crippen molar-refractivity contribution in [2.24, 2.45) is 0 Å². The van der Waals surface area contributed by atoms with Gasteiger partial charge >= 0.3 is 0 Å². The smallest absolute Gasteiger partial charge is 0.251 e. The number of nitrogens with one attached hydrogen (secondary N) is 1. The highest BCUT2D eigenvalue weighted by atomic mass is 16.5. The van der Waals surface area contributed by atoms with E-state index in [2.05, 4.69) is 10.3 Å². The van der Waals surface area contributed by atoms with Crippen LogP contribution in [0.2, 0.25) is 0 Å². The van der Waals surface area contributed by atoms with Crippen molar-refractivity contribution < 1.29 is 14.3 Å². The predicted octanol–water partition coefficient (Wildman–Crippen LogP) is 3.07. The molecule has 1 N–H and O–H groups in total. The molecule has 1 aliphatic heterocycles. The van der Waals surface area contributed by atoms with E-state index in [1.54, 1.807) is 13.4 Å². The van der Waals surface area contributed by atoms with E-state index >= 15 is 0 Å². The number of ether oxygens (including phenoxy) is 2. The first-order valence-corrected chi connectivity index (χ1v) is 9.36. The Labute approximate surface area is 164 Å². The largest absolute Gasteiger partial charge is 0.379 e. The van der Waals surface area contributed by atoms with Crippen molar-refractivity contribution in [1.82, 2.24) is 14.9 Å². The topological polar surface area (TPSA) is 65.4 Å². The van der Waals surface area contributed by atoms with E-state index in [1.165, 1.54) is 0 Å². The lowest BCUT2D eigenvalue weighted by Gasteiger charge is -2.31. The zero-order valence-electron chi connectivity index (χ0n) is 15.7. The van der Waals surface area contributed by atoms with Gasteiger partial charge in [-0.1, -0.05) is 30.3 Å². The van der Waals surface area contributed by atoms with Crippen LogP contribution in [0.5, 0.6) is 0 Å². The Morgan fingerprint density at radius 1 is 1.18 bits per heavy atom. The van der Waals surface area contributed by atoms with Crippen LogP contribution in [-0.4, -0.2) is 47.9 Å². The molecule has 1 fully saturated rings. The molecular formula is C22H23N3O3. The summed E-state index contributed by atoms with van der Waals surface area (Å²) < 4.78 is 12.9. The molecule has 3 aromatic rings. The molecule has 0 spiro atoms. The van der Waals surface area contributed by atoms with E-state index in [9.17, 15) is 4.79 Å². The van der Waals surface area contributed by atoms with E-state index in [0.717, 1.165) is 23.4 Å². The molecule has 0 saturated carbocycles. The normalized spacial score (nSPS) is 19.3. The number of nitrogens with zero attached hydrogens (tertiary/aromatic N) is 2. The predicted molar refractivity (Wildman–Crippen MR) is 106 cm³/mol. The second-order valence-corrected chi connectivity index (χ2v) is 6.80. The fourth-order valence-electron chi connectivity index (χ4n) is 3.39. The summed E-state index contributed by atoms with van der Waals surface area (Å²) in [6.07, 6.45) is 4.54. The van der Waals surface area contributed by atoms with Crippen molar-refractivity contribution >= 4 is 5.91 Å². The summed E-state index contributed by atoms with van der Waals surface area (Å²) in [5.41, 5.74) is 3.48. The number of carbonyl (C=O) groups excluding carboxylic acids is 1. The highest BCUT2D eigenvalue weighted by molar-refractivity contribution is 5.94. The van der Waals surface area contributed by atoms with E-state index in [-0.39, 0.29) is 18.1 Å². The van der Waals surface area contributed by atoms with Crippen LogP contribution >= 0.6 is 0 Å².